The third-order valence-electron chi connectivity index (χ3n) is 6.33. The van der Waals surface area contributed by atoms with Crippen LogP contribution < -0.4 is 15.1 Å². The normalized spacial score (nSPS) is 27.6. The number of hydrogen-bond donors (Lipinski definition) is 2. The van der Waals surface area contributed by atoms with Gasteiger partial charge in [-0.15, -0.1) is 0 Å². The van der Waals surface area contributed by atoms with Gasteiger partial charge >= 0.3 is 0 Å². The second kappa shape index (κ2) is 7.63. The maximum absolute atomic E-state index is 12.4. The Labute approximate surface area is 166 Å². The monoisotopic (exact) mass is 384 g/mol. The van der Waals surface area contributed by atoms with Crippen LogP contribution in [0.2, 0.25) is 5.02 Å². The first kappa shape index (κ1) is 18.5. The number of likely N-dealkylation sites (tertiary alicyclic amines) is 1. The van der Waals surface area contributed by atoms with Gasteiger partial charge in [-0.05, 0) is 43.3 Å². The molecule has 0 spiro atoms. The van der Waals surface area contributed by atoms with Gasteiger partial charge in [-0.3, -0.25) is 9.28 Å². The molecule has 0 bridgehead atoms. The molecule has 4 rings (SSSR count). The zero-order valence-electron chi connectivity index (χ0n) is 15.7. The van der Waals surface area contributed by atoms with E-state index in [2.05, 4.69) is 29.7 Å². The SMILES string of the molecule is CC1CCC[N+]1(c1ccc(NC(=O)c2ccc(Cl)cc2)cc1)C1CCNC1. The lowest BCUT2D eigenvalue weighted by Gasteiger charge is -2.43. The number of rotatable bonds is 4. The topological polar surface area (TPSA) is 41.1 Å². The minimum absolute atomic E-state index is 0.113. The summed E-state index contributed by atoms with van der Waals surface area (Å²) in [5.41, 5.74) is 2.81. The standard InChI is InChI=1S/C22H26ClN3O/c1-16-3-2-14-26(16,21-12-13-24-15-21)20-10-8-19(9-11-20)25-22(27)17-4-6-18(23)7-5-17/h4-11,16,21,24H,2-3,12-15H2,1H3/p+1. The Morgan fingerprint density at radius 3 is 2.44 bits per heavy atom. The molecule has 1 amide bonds. The molecule has 2 aromatic carbocycles. The first-order valence-corrected chi connectivity index (χ1v) is 10.2. The van der Waals surface area contributed by atoms with Crippen LogP contribution in [0.3, 0.4) is 0 Å². The number of quaternary nitrogens is 1. The summed E-state index contributed by atoms with van der Waals surface area (Å²) in [6.45, 7) is 5.82. The first-order valence-electron chi connectivity index (χ1n) is 9.85. The van der Waals surface area contributed by atoms with Crippen molar-refractivity contribution in [3.05, 3.63) is 59.1 Å². The van der Waals surface area contributed by atoms with Crippen molar-refractivity contribution in [2.45, 2.75) is 38.3 Å². The minimum atomic E-state index is -0.113. The number of hydrogen-bond acceptors (Lipinski definition) is 2. The van der Waals surface area contributed by atoms with Crippen LogP contribution in [0.1, 0.15) is 36.5 Å². The van der Waals surface area contributed by atoms with E-state index in [1.54, 1.807) is 24.3 Å². The van der Waals surface area contributed by atoms with E-state index in [0.29, 0.717) is 22.7 Å². The summed E-state index contributed by atoms with van der Waals surface area (Å²) >= 11 is 5.90. The Kier molecular flexibility index (Phi) is 5.22. The average molecular weight is 385 g/mol. The summed E-state index contributed by atoms with van der Waals surface area (Å²) in [4.78, 5) is 12.4. The van der Waals surface area contributed by atoms with Crippen molar-refractivity contribution in [2.24, 2.45) is 0 Å². The van der Waals surface area contributed by atoms with E-state index in [0.717, 1.165) is 23.3 Å². The molecule has 3 unspecified atom stereocenters. The number of amides is 1. The number of nitrogens with zero attached hydrogens (tertiary/aromatic N) is 1. The lowest BCUT2D eigenvalue weighted by atomic mass is 10.1. The molecule has 3 atom stereocenters. The molecule has 2 saturated heterocycles. The lowest BCUT2D eigenvalue weighted by molar-refractivity contribution is 0.102. The van der Waals surface area contributed by atoms with Crippen molar-refractivity contribution in [3.63, 3.8) is 0 Å². The fourth-order valence-corrected chi connectivity index (χ4v) is 5.02. The van der Waals surface area contributed by atoms with Gasteiger partial charge in [0.2, 0.25) is 0 Å². The van der Waals surface area contributed by atoms with E-state index in [1.165, 1.54) is 31.5 Å². The van der Waals surface area contributed by atoms with E-state index >= 15 is 0 Å². The van der Waals surface area contributed by atoms with Crippen LogP contribution in [0.4, 0.5) is 11.4 Å². The summed E-state index contributed by atoms with van der Waals surface area (Å²) in [6.07, 6.45) is 3.80. The molecule has 0 saturated carbocycles. The van der Waals surface area contributed by atoms with Gasteiger partial charge in [0.05, 0.1) is 12.6 Å². The highest BCUT2D eigenvalue weighted by Crippen LogP contribution is 2.39. The fourth-order valence-electron chi connectivity index (χ4n) is 4.90. The molecule has 2 aliphatic heterocycles. The molecule has 0 aromatic heterocycles. The number of halogens is 1. The average Bonchev–Trinajstić information content (AvgIpc) is 3.33. The van der Waals surface area contributed by atoms with Gasteiger partial charge in [-0.2, -0.15) is 0 Å². The molecular weight excluding hydrogens is 358 g/mol. The zero-order valence-corrected chi connectivity index (χ0v) is 16.5. The second-order valence-corrected chi connectivity index (χ2v) is 8.24. The van der Waals surface area contributed by atoms with E-state index in [1.807, 2.05) is 12.1 Å². The van der Waals surface area contributed by atoms with E-state index in [9.17, 15) is 4.79 Å². The van der Waals surface area contributed by atoms with E-state index in [4.69, 9.17) is 11.6 Å². The molecule has 2 heterocycles. The van der Waals surface area contributed by atoms with E-state index < -0.39 is 0 Å². The van der Waals surface area contributed by atoms with Gasteiger partial charge in [0.25, 0.3) is 5.91 Å². The van der Waals surface area contributed by atoms with Crippen molar-refractivity contribution in [3.8, 4) is 0 Å². The minimum Gasteiger partial charge on any atom is -0.322 e. The highest BCUT2D eigenvalue weighted by molar-refractivity contribution is 6.30. The second-order valence-electron chi connectivity index (χ2n) is 7.80. The first-order chi connectivity index (χ1) is 13.1. The van der Waals surface area contributed by atoms with Crippen LogP contribution in [0, 0.1) is 0 Å². The van der Waals surface area contributed by atoms with Crippen LogP contribution in [0.5, 0.6) is 0 Å². The molecular formula is C22H27ClN3O+. The molecule has 2 N–H and O–H groups in total. The van der Waals surface area contributed by atoms with Gasteiger partial charge < -0.3 is 10.6 Å². The van der Waals surface area contributed by atoms with Crippen molar-refractivity contribution in [1.29, 1.82) is 0 Å². The van der Waals surface area contributed by atoms with Gasteiger partial charge in [-0.25, -0.2) is 0 Å². The molecule has 0 aliphatic carbocycles. The van der Waals surface area contributed by atoms with Gasteiger partial charge in [0, 0.05) is 60.8 Å². The molecule has 2 fully saturated rings. The number of benzene rings is 2. The highest BCUT2D eigenvalue weighted by Gasteiger charge is 2.47. The van der Waals surface area contributed by atoms with Crippen LogP contribution in [0.25, 0.3) is 0 Å². The maximum atomic E-state index is 12.4. The van der Waals surface area contributed by atoms with Crippen LogP contribution in [-0.2, 0) is 0 Å². The fraction of sp³-hybridized carbons (Fsp3) is 0.409. The van der Waals surface area contributed by atoms with Gasteiger partial charge in [0.1, 0.15) is 11.7 Å². The smallest absolute Gasteiger partial charge is 0.255 e. The number of anilines is 1. The third kappa shape index (κ3) is 3.49. The van der Waals surface area contributed by atoms with Crippen molar-refractivity contribution < 1.29 is 4.79 Å². The lowest BCUT2D eigenvalue weighted by Crippen LogP contribution is -2.59. The molecule has 5 heteroatoms. The largest absolute Gasteiger partial charge is 0.322 e. The Balaban J connectivity index is 1.54. The van der Waals surface area contributed by atoms with Crippen molar-refractivity contribution in [2.75, 3.05) is 25.0 Å². The molecule has 2 aliphatic rings. The zero-order chi connectivity index (χ0) is 18.9. The van der Waals surface area contributed by atoms with Gasteiger partial charge in [-0.1, -0.05) is 11.6 Å². The Morgan fingerprint density at radius 2 is 1.85 bits per heavy atom. The molecule has 142 valence electrons. The number of carbonyl (C=O) groups is 1. The number of carbonyl (C=O) groups excluding carboxylic acids is 1. The molecule has 0 radical (unpaired) electrons. The Bertz CT molecular complexity index is 799. The van der Waals surface area contributed by atoms with Crippen LogP contribution in [-0.4, -0.2) is 37.6 Å². The van der Waals surface area contributed by atoms with Crippen LogP contribution in [0.15, 0.2) is 48.5 Å². The Morgan fingerprint density at radius 1 is 1.11 bits per heavy atom. The van der Waals surface area contributed by atoms with Gasteiger partial charge in [0.15, 0.2) is 0 Å². The molecule has 27 heavy (non-hydrogen) atoms. The van der Waals surface area contributed by atoms with E-state index in [-0.39, 0.29) is 5.91 Å². The maximum Gasteiger partial charge on any atom is 0.255 e. The summed E-state index contributed by atoms with van der Waals surface area (Å²) in [5, 5.41) is 7.16. The Hall–Kier alpha value is -1.88. The highest BCUT2D eigenvalue weighted by atomic mass is 35.5. The summed E-state index contributed by atoms with van der Waals surface area (Å²) in [7, 11) is 0. The van der Waals surface area contributed by atoms with Crippen LogP contribution >= 0.6 is 11.6 Å². The predicted molar refractivity (Wildman–Crippen MR) is 112 cm³/mol. The quantitative estimate of drug-likeness (QED) is 0.765. The summed E-state index contributed by atoms with van der Waals surface area (Å²) in [6, 6.07) is 16.7. The molecule has 2 aromatic rings. The summed E-state index contributed by atoms with van der Waals surface area (Å²) < 4.78 is 1.08. The van der Waals surface area contributed by atoms with Crippen molar-refractivity contribution in [1.82, 2.24) is 9.80 Å². The molecule has 4 nitrogen and oxygen atoms in total. The van der Waals surface area contributed by atoms with Crippen molar-refractivity contribution >= 4 is 28.9 Å². The third-order valence-corrected chi connectivity index (χ3v) is 6.59. The summed E-state index contributed by atoms with van der Waals surface area (Å²) in [5.74, 6) is -0.113. The number of nitrogens with one attached hydrogen (secondary N) is 2. The predicted octanol–water partition coefficient (Wildman–Crippen LogP) is 4.44.